The molecule has 1 aromatic carbocycles. The number of aromatic nitrogens is 1. The average Bonchev–Trinajstić information content (AvgIpc) is 2.59. The molecule has 0 N–H and O–H groups in total. The molecule has 1 heterocycles. The summed E-state index contributed by atoms with van der Waals surface area (Å²) in [5.74, 6) is -0.342. The summed E-state index contributed by atoms with van der Waals surface area (Å²) in [6, 6.07) is 5.75. The predicted octanol–water partition coefficient (Wildman–Crippen LogP) is 2.56. The summed E-state index contributed by atoms with van der Waals surface area (Å²) in [4.78, 5) is 22.1. The lowest BCUT2D eigenvalue weighted by Crippen LogP contribution is -2.13. The number of nitrogens with zero attached hydrogens (tertiary/aromatic N) is 1. The van der Waals surface area contributed by atoms with Gasteiger partial charge in [-0.3, -0.25) is 14.2 Å². The lowest BCUT2D eigenvalue weighted by Gasteiger charge is -2.03. The third kappa shape index (κ3) is 2.45. The van der Waals surface area contributed by atoms with Gasteiger partial charge < -0.3 is 0 Å². The van der Waals surface area contributed by atoms with Gasteiger partial charge in [-0.25, -0.2) is 4.39 Å². The van der Waals surface area contributed by atoms with Crippen LogP contribution >= 0.6 is 22.9 Å². The molecule has 2 aromatic rings. The van der Waals surface area contributed by atoms with Gasteiger partial charge in [0.2, 0.25) is 0 Å². The summed E-state index contributed by atoms with van der Waals surface area (Å²) in [5.41, 5.74) is 0.741. The molecule has 0 spiro atoms. The Morgan fingerprint density at radius 1 is 1.35 bits per heavy atom. The summed E-state index contributed by atoms with van der Waals surface area (Å²) >= 11 is 6.68. The zero-order chi connectivity index (χ0) is 12.4. The first-order chi connectivity index (χ1) is 8.11. The number of carbonyl (C=O) groups is 1. The molecule has 88 valence electrons. The first-order valence-corrected chi connectivity index (χ1v) is 5.90. The van der Waals surface area contributed by atoms with Crippen LogP contribution in [0, 0.1) is 5.82 Å². The maximum atomic E-state index is 12.7. The second-order valence-electron chi connectivity index (χ2n) is 3.35. The van der Waals surface area contributed by atoms with E-state index >= 15 is 0 Å². The highest BCUT2D eigenvalue weighted by Gasteiger charge is 2.12. The van der Waals surface area contributed by atoms with Crippen LogP contribution in [0.3, 0.4) is 0 Å². The Morgan fingerprint density at radius 2 is 2.00 bits per heavy atom. The molecule has 0 saturated carbocycles. The fourth-order valence-electron chi connectivity index (χ4n) is 1.38. The molecule has 0 saturated heterocycles. The van der Waals surface area contributed by atoms with E-state index in [9.17, 15) is 14.0 Å². The molecule has 2 rings (SSSR count). The van der Waals surface area contributed by atoms with Gasteiger partial charge in [-0.05, 0) is 17.7 Å². The van der Waals surface area contributed by atoms with Crippen molar-refractivity contribution in [1.29, 1.82) is 0 Å². The Labute approximate surface area is 105 Å². The molecule has 0 aliphatic heterocycles. The topological polar surface area (TPSA) is 39.1 Å². The van der Waals surface area contributed by atoms with Crippen molar-refractivity contribution in [3.05, 3.63) is 55.3 Å². The minimum Gasteiger partial charge on any atom is -0.297 e. The van der Waals surface area contributed by atoms with Gasteiger partial charge in [-0.1, -0.05) is 35.1 Å². The van der Waals surface area contributed by atoms with Gasteiger partial charge in [0.05, 0.1) is 6.54 Å². The van der Waals surface area contributed by atoms with E-state index in [2.05, 4.69) is 0 Å². The molecular weight excluding hydrogens is 265 g/mol. The largest absolute Gasteiger partial charge is 0.309 e. The Bertz CT molecular complexity index is 603. The summed E-state index contributed by atoms with van der Waals surface area (Å²) in [6.07, 6.45) is 0.551. The second kappa shape index (κ2) is 4.81. The number of aldehydes is 1. The van der Waals surface area contributed by atoms with E-state index in [-0.39, 0.29) is 27.3 Å². The zero-order valence-electron chi connectivity index (χ0n) is 8.52. The molecule has 3 nitrogen and oxygen atoms in total. The molecule has 0 aliphatic carbocycles. The Morgan fingerprint density at radius 3 is 2.53 bits per heavy atom. The fraction of sp³-hybridized carbons (Fsp3) is 0.0909. The highest BCUT2D eigenvalue weighted by Crippen LogP contribution is 2.18. The number of hydrogen-bond acceptors (Lipinski definition) is 3. The first kappa shape index (κ1) is 12.0. The van der Waals surface area contributed by atoms with Crippen molar-refractivity contribution in [2.75, 3.05) is 0 Å². The molecule has 17 heavy (non-hydrogen) atoms. The normalized spacial score (nSPS) is 10.5. The highest BCUT2D eigenvalue weighted by atomic mass is 35.5. The maximum Gasteiger partial charge on any atom is 0.309 e. The lowest BCUT2D eigenvalue weighted by molar-refractivity contribution is 0.112. The van der Waals surface area contributed by atoms with E-state index in [1.807, 2.05) is 0 Å². The van der Waals surface area contributed by atoms with Crippen molar-refractivity contribution in [1.82, 2.24) is 4.57 Å². The van der Waals surface area contributed by atoms with Crippen molar-refractivity contribution < 1.29 is 9.18 Å². The Balaban J connectivity index is 2.36. The summed E-state index contributed by atoms with van der Waals surface area (Å²) < 4.78 is 14.0. The van der Waals surface area contributed by atoms with E-state index in [4.69, 9.17) is 11.6 Å². The van der Waals surface area contributed by atoms with Crippen LogP contribution in [0.2, 0.25) is 5.15 Å². The quantitative estimate of drug-likeness (QED) is 0.805. The van der Waals surface area contributed by atoms with E-state index in [1.54, 1.807) is 12.1 Å². The average molecular weight is 272 g/mol. The van der Waals surface area contributed by atoms with Crippen molar-refractivity contribution in [3.63, 3.8) is 0 Å². The Kier molecular flexibility index (Phi) is 3.40. The number of halogens is 2. The van der Waals surface area contributed by atoms with Gasteiger partial charge in [0.15, 0.2) is 6.29 Å². The fourth-order valence-corrected chi connectivity index (χ4v) is 2.43. The minimum atomic E-state index is -0.342. The molecule has 0 fully saturated rings. The molecule has 0 bridgehead atoms. The van der Waals surface area contributed by atoms with Crippen LogP contribution in [-0.4, -0.2) is 10.9 Å². The molecule has 0 aliphatic rings. The monoisotopic (exact) mass is 271 g/mol. The van der Waals surface area contributed by atoms with Gasteiger partial charge in [0, 0.05) is 0 Å². The second-order valence-corrected chi connectivity index (χ2v) is 4.70. The van der Waals surface area contributed by atoms with Crippen LogP contribution < -0.4 is 4.87 Å². The SMILES string of the molecule is O=Cc1sc(=O)n(Cc2ccc(F)cc2)c1Cl. The third-order valence-corrected chi connectivity index (χ3v) is 3.64. The number of rotatable bonds is 3. The molecule has 0 amide bonds. The van der Waals surface area contributed by atoms with Gasteiger partial charge in [-0.15, -0.1) is 0 Å². The molecule has 0 unspecified atom stereocenters. The van der Waals surface area contributed by atoms with Crippen molar-refractivity contribution in [2.24, 2.45) is 0 Å². The van der Waals surface area contributed by atoms with E-state index < -0.39 is 0 Å². The van der Waals surface area contributed by atoms with Crippen molar-refractivity contribution in [3.8, 4) is 0 Å². The van der Waals surface area contributed by atoms with E-state index in [1.165, 1.54) is 16.7 Å². The highest BCUT2D eigenvalue weighted by molar-refractivity contribution is 7.11. The minimum absolute atomic E-state index is 0.124. The summed E-state index contributed by atoms with van der Waals surface area (Å²) in [5, 5.41) is 0.124. The molecule has 6 heteroatoms. The summed E-state index contributed by atoms with van der Waals surface area (Å²) in [7, 11) is 0. The van der Waals surface area contributed by atoms with Gasteiger partial charge in [-0.2, -0.15) is 0 Å². The smallest absolute Gasteiger partial charge is 0.297 e. The van der Waals surface area contributed by atoms with Gasteiger partial charge in [0.25, 0.3) is 0 Å². The molecule has 0 atom stereocenters. The lowest BCUT2D eigenvalue weighted by atomic mass is 10.2. The predicted molar refractivity (Wildman–Crippen MR) is 64.5 cm³/mol. The third-order valence-electron chi connectivity index (χ3n) is 2.22. The van der Waals surface area contributed by atoms with Gasteiger partial charge in [0.1, 0.15) is 15.8 Å². The number of thiazole rings is 1. The van der Waals surface area contributed by atoms with Crippen LogP contribution in [-0.2, 0) is 6.54 Å². The number of carbonyl (C=O) groups excluding carboxylic acids is 1. The van der Waals surface area contributed by atoms with Crippen LogP contribution in [0.4, 0.5) is 4.39 Å². The van der Waals surface area contributed by atoms with Crippen LogP contribution in [0.5, 0.6) is 0 Å². The maximum absolute atomic E-state index is 12.7. The summed E-state index contributed by atoms with van der Waals surface area (Å²) in [6.45, 7) is 0.224. The Hall–Kier alpha value is -1.46. The first-order valence-electron chi connectivity index (χ1n) is 4.70. The van der Waals surface area contributed by atoms with Crippen LogP contribution in [0.15, 0.2) is 29.1 Å². The number of hydrogen-bond donors (Lipinski definition) is 0. The van der Waals surface area contributed by atoms with Crippen molar-refractivity contribution in [2.45, 2.75) is 6.54 Å². The standard InChI is InChI=1S/C11H7ClFNO2S/c12-10-9(6-15)17-11(16)14(10)5-7-1-3-8(13)4-2-7/h1-4,6H,5H2. The van der Waals surface area contributed by atoms with E-state index in [0.29, 0.717) is 6.29 Å². The van der Waals surface area contributed by atoms with Gasteiger partial charge >= 0.3 is 4.87 Å². The number of benzene rings is 1. The zero-order valence-corrected chi connectivity index (χ0v) is 10.1. The molecule has 1 aromatic heterocycles. The van der Waals surface area contributed by atoms with Crippen LogP contribution in [0.25, 0.3) is 0 Å². The van der Waals surface area contributed by atoms with Crippen molar-refractivity contribution >= 4 is 29.2 Å². The van der Waals surface area contributed by atoms with Crippen LogP contribution in [0.1, 0.15) is 15.2 Å². The van der Waals surface area contributed by atoms with E-state index in [0.717, 1.165) is 16.9 Å². The molecular formula is C11H7ClFNO2S. The molecule has 0 radical (unpaired) electrons.